The second-order valence-corrected chi connectivity index (χ2v) is 15.9. The molecule has 0 fully saturated rings. The van der Waals surface area contributed by atoms with Gasteiger partial charge < -0.3 is 4.90 Å². The maximum atomic E-state index is 13.5. The molecule has 0 bridgehead atoms. The Kier molecular flexibility index (Phi) is 7.65. The molecular formula is C57H33NO3. The summed E-state index contributed by atoms with van der Waals surface area (Å²) in [4.78, 5) is 42.9. The van der Waals surface area contributed by atoms with Crippen molar-refractivity contribution in [2.24, 2.45) is 0 Å². The summed E-state index contributed by atoms with van der Waals surface area (Å²) < 4.78 is 0. The summed E-state index contributed by atoms with van der Waals surface area (Å²) in [7, 11) is 0. The minimum atomic E-state index is 0.0492. The first-order chi connectivity index (χ1) is 30.0. The summed E-state index contributed by atoms with van der Waals surface area (Å²) in [6.45, 7) is 0. The largest absolute Gasteiger partial charge is 0.310 e. The van der Waals surface area contributed by atoms with E-state index < -0.39 is 0 Å². The van der Waals surface area contributed by atoms with E-state index in [0.29, 0.717) is 16.7 Å². The lowest BCUT2D eigenvalue weighted by atomic mass is 9.97. The molecule has 0 N–H and O–H groups in total. The minimum absolute atomic E-state index is 0.0492. The first-order valence-corrected chi connectivity index (χ1v) is 20.4. The van der Waals surface area contributed by atoms with E-state index in [1.54, 1.807) is 0 Å². The Morgan fingerprint density at radius 2 is 0.475 bits per heavy atom. The first kappa shape index (κ1) is 34.8. The van der Waals surface area contributed by atoms with Gasteiger partial charge in [0.05, 0.1) is 0 Å². The van der Waals surface area contributed by atoms with Gasteiger partial charge in [0.1, 0.15) is 0 Å². The summed E-state index contributed by atoms with van der Waals surface area (Å²) >= 11 is 0. The molecule has 9 aromatic rings. The van der Waals surface area contributed by atoms with E-state index in [1.165, 1.54) is 0 Å². The average Bonchev–Trinajstić information content (AvgIpc) is 3.89. The quantitative estimate of drug-likeness (QED) is 0.169. The van der Waals surface area contributed by atoms with Crippen molar-refractivity contribution in [3.63, 3.8) is 0 Å². The van der Waals surface area contributed by atoms with Gasteiger partial charge in [0.2, 0.25) is 0 Å². The third-order valence-corrected chi connectivity index (χ3v) is 12.5. The SMILES string of the molecule is O=C1c2ccccc2-c2ccc(-c3cccc(N(c4cccc(-c5ccc6c(c5)C(=O)c5ccccc5-6)c4)c4cccc(-c5ccc6c(c5)C(=O)c5ccccc5-6)c4)c3)cc21. The Hall–Kier alpha value is -8.21. The van der Waals surface area contributed by atoms with Gasteiger partial charge >= 0.3 is 0 Å². The number of carbonyl (C=O) groups is 3. The second kappa shape index (κ2) is 13.4. The zero-order chi connectivity index (χ0) is 40.8. The van der Waals surface area contributed by atoms with Crippen molar-refractivity contribution in [2.45, 2.75) is 0 Å². The lowest BCUT2D eigenvalue weighted by molar-refractivity contribution is 0.103. The summed E-state index contributed by atoms with van der Waals surface area (Å²) in [5.74, 6) is 0.148. The van der Waals surface area contributed by atoms with Gasteiger partial charge in [-0.3, -0.25) is 14.4 Å². The zero-order valence-electron chi connectivity index (χ0n) is 32.7. The molecule has 9 aromatic carbocycles. The van der Waals surface area contributed by atoms with Crippen LogP contribution in [-0.4, -0.2) is 17.3 Å². The lowest BCUT2D eigenvalue weighted by Gasteiger charge is -2.27. The Morgan fingerprint density at radius 1 is 0.213 bits per heavy atom. The van der Waals surface area contributed by atoms with Gasteiger partial charge in [-0.05, 0) is 121 Å². The zero-order valence-corrected chi connectivity index (χ0v) is 32.7. The van der Waals surface area contributed by atoms with Gasteiger partial charge in [-0.15, -0.1) is 0 Å². The monoisotopic (exact) mass is 779 g/mol. The highest BCUT2D eigenvalue weighted by atomic mass is 16.1. The number of fused-ring (bicyclic) bond motifs is 9. The number of hydrogen-bond donors (Lipinski definition) is 0. The van der Waals surface area contributed by atoms with E-state index in [1.807, 2.05) is 91.0 Å². The number of benzene rings is 9. The van der Waals surface area contributed by atoms with Crippen molar-refractivity contribution in [1.29, 1.82) is 0 Å². The van der Waals surface area contributed by atoms with Gasteiger partial charge in [-0.1, -0.05) is 146 Å². The van der Waals surface area contributed by atoms with Gasteiger partial charge in [-0.2, -0.15) is 0 Å². The van der Waals surface area contributed by atoms with Crippen molar-refractivity contribution in [3.05, 3.63) is 234 Å². The summed E-state index contributed by atoms with van der Waals surface area (Å²) in [6.07, 6.45) is 0. The molecule has 12 rings (SSSR count). The Balaban J connectivity index is 0.972. The summed E-state index contributed by atoms with van der Waals surface area (Å²) in [6, 6.07) is 67.2. The van der Waals surface area contributed by atoms with Gasteiger partial charge in [0.15, 0.2) is 17.3 Å². The van der Waals surface area contributed by atoms with Crippen LogP contribution in [0.15, 0.2) is 200 Å². The van der Waals surface area contributed by atoms with Crippen LogP contribution in [0.2, 0.25) is 0 Å². The molecule has 0 radical (unpaired) electrons. The molecule has 3 aliphatic rings. The van der Waals surface area contributed by atoms with Crippen LogP contribution in [0.25, 0.3) is 66.8 Å². The predicted octanol–water partition coefficient (Wildman–Crippen LogP) is 13.8. The predicted molar refractivity (Wildman–Crippen MR) is 244 cm³/mol. The summed E-state index contributed by atoms with van der Waals surface area (Å²) in [5.41, 5.74) is 18.8. The molecule has 0 unspecified atom stereocenters. The standard InChI is InChI=1S/C57H33NO3/c59-55-49-19-4-1-16-43(49)46-25-22-37(31-52(46)55)34-10-7-13-40(28-34)58(41-14-8-11-35(29-41)38-23-26-47-44-17-2-5-20-50(44)56(60)53(47)32-38)42-15-9-12-36(30-42)39-24-27-48-45-18-3-6-21-51(45)57(61)54(48)33-39/h1-33H. The van der Waals surface area contributed by atoms with Crippen molar-refractivity contribution >= 4 is 34.4 Å². The average molecular weight is 780 g/mol. The third-order valence-electron chi connectivity index (χ3n) is 12.5. The molecule has 0 aromatic heterocycles. The van der Waals surface area contributed by atoms with Crippen molar-refractivity contribution in [1.82, 2.24) is 0 Å². The molecule has 284 valence electrons. The van der Waals surface area contributed by atoms with Crippen LogP contribution >= 0.6 is 0 Å². The fourth-order valence-electron chi connectivity index (χ4n) is 9.54. The molecule has 61 heavy (non-hydrogen) atoms. The van der Waals surface area contributed by atoms with Crippen LogP contribution in [0.3, 0.4) is 0 Å². The normalized spacial score (nSPS) is 12.7. The fraction of sp³-hybridized carbons (Fsp3) is 0. The number of rotatable bonds is 6. The maximum Gasteiger partial charge on any atom is 0.194 e. The molecule has 0 spiro atoms. The Bertz CT molecular complexity index is 3030. The number of carbonyl (C=O) groups excluding carboxylic acids is 3. The maximum absolute atomic E-state index is 13.5. The van der Waals surface area contributed by atoms with Crippen LogP contribution in [0.1, 0.15) is 47.8 Å². The van der Waals surface area contributed by atoms with E-state index in [-0.39, 0.29) is 17.3 Å². The third kappa shape index (κ3) is 5.43. The molecule has 0 atom stereocenters. The van der Waals surface area contributed by atoms with Crippen LogP contribution in [0, 0.1) is 0 Å². The molecule has 0 heterocycles. The van der Waals surface area contributed by atoms with Gasteiger partial charge in [0.25, 0.3) is 0 Å². The van der Waals surface area contributed by atoms with E-state index in [9.17, 15) is 14.4 Å². The molecule has 0 aliphatic heterocycles. The smallest absolute Gasteiger partial charge is 0.194 e. The number of anilines is 3. The highest BCUT2D eigenvalue weighted by Crippen LogP contribution is 2.44. The molecule has 0 saturated heterocycles. The number of hydrogen-bond acceptors (Lipinski definition) is 4. The highest BCUT2D eigenvalue weighted by Gasteiger charge is 2.29. The Labute approximate surface area is 352 Å². The van der Waals surface area contributed by atoms with Crippen LogP contribution in [-0.2, 0) is 0 Å². The van der Waals surface area contributed by atoms with E-state index >= 15 is 0 Å². The lowest BCUT2D eigenvalue weighted by Crippen LogP contribution is -2.10. The van der Waals surface area contributed by atoms with Gasteiger partial charge in [-0.25, -0.2) is 0 Å². The molecular weight excluding hydrogens is 747 g/mol. The molecule has 0 amide bonds. The first-order valence-electron chi connectivity index (χ1n) is 20.4. The van der Waals surface area contributed by atoms with Gasteiger partial charge in [0, 0.05) is 50.4 Å². The Morgan fingerprint density at radius 3 is 0.787 bits per heavy atom. The number of ketones is 3. The van der Waals surface area contributed by atoms with Crippen LogP contribution in [0.4, 0.5) is 17.1 Å². The van der Waals surface area contributed by atoms with E-state index in [0.717, 1.165) is 101 Å². The minimum Gasteiger partial charge on any atom is -0.310 e. The molecule has 0 saturated carbocycles. The van der Waals surface area contributed by atoms with E-state index in [2.05, 4.69) is 114 Å². The summed E-state index contributed by atoms with van der Waals surface area (Å²) in [5, 5.41) is 0. The second-order valence-electron chi connectivity index (χ2n) is 15.9. The van der Waals surface area contributed by atoms with Crippen LogP contribution < -0.4 is 4.90 Å². The molecule has 4 heteroatoms. The highest BCUT2D eigenvalue weighted by molar-refractivity contribution is 6.23. The van der Waals surface area contributed by atoms with Crippen LogP contribution in [0.5, 0.6) is 0 Å². The van der Waals surface area contributed by atoms with Crippen molar-refractivity contribution in [3.8, 4) is 66.8 Å². The van der Waals surface area contributed by atoms with Crippen molar-refractivity contribution < 1.29 is 14.4 Å². The van der Waals surface area contributed by atoms with Crippen molar-refractivity contribution in [2.75, 3.05) is 4.90 Å². The molecule has 4 nitrogen and oxygen atoms in total. The molecule has 3 aliphatic carbocycles. The fourth-order valence-corrected chi connectivity index (χ4v) is 9.54. The van der Waals surface area contributed by atoms with E-state index in [4.69, 9.17) is 0 Å². The number of nitrogens with zero attached hydrogens (tertiary/aromatic N) is 1. The topological polar surface area (TPSA) is 54.5 Å².